The number of benzene rings is 2. The monoisotopic (exact) mass is 789 g/mol. The number of aromatic nitrogens is 2. The largest absolute Gasteiger partial charge is 2.00 e. The van der Waals surface area contributed by atoms with Crippen LogP contribution in [0.4, 0.5) is 23.2 Å². The maximum atomic E-state index is 16.1. The average Bonchev–Trinajstić information content (AvgIpc) is 2.97. The summed E-state index contributed by atoms with van der Waals surface area (Å²) in [6.07, 6.45) is 0. The number of pyridine rings is 2. The van der Waals surface area contributed by atoms with Crippen molar-refractivity contribution in [2.45, 2.75) is 77.0 Å². The summed E-state index contributed by atoms with van der Waals surface area (Å²) in [4.78, 5) is 13.0. The van der Waals surface area contributed by atoms with Crippen molar-refractivity contribution in [3.05, 3.63) is 134 Å². The predicted molar refractivity (Wildman–Crippen MR) is 158 cm³/mol. The van der Waals surface area contributed by atoms with Crippen molar-refractivity contribution in [1.82, 2.24) is 9.97 Å². The van der Waals surface area contributed by atoms with Gasteiger partial charge in [0.05, 0.1) is 24.0 Å². The number of fused-ring (bicyclic) bond motifs is 8. The van der Waals surface area contributed by atoms with E-state index in [1.807, 2.05) is 26.0 Å². The molecule has 3 heterocycles. The molecular weight excluding hydrogens is 759 g/mol. The molecule has 0 N–H and O–H groups in total. The van der Waals surface area contributed by atoms with Gasteiger partial charge in [0, 0.05) is 56.5 Å². The van der Waals surface area contributed by atoms with Gasteiger partial charge in [-0.1, -0.05) is 53.7 Å². The molecule has 0 spiro atoms. The molecular formula is C36H30F4N4Pt. The summed E-state index contributed by atoms with van der Waals surface area (Å²) >= 11 is 0. The molecule has 0 unspecified atom stereocenters. The summed E-state index contributed by atoms with van der Waals surface area (Å²) in [5.74, 6) is -4.66. The van der Waals surface area contributed by atoms with Crippen molar-refractivity contribution >= 4 is 5.69 Å². The molecule has 0 radical (unpaired) electrons. The Kier molecular flexibility index (Phi) is 8.45. The molecule has 0 atom stereocenters. The summed E-state index contributed by atoms with van der Waals surface area (Å²) in [5, 5.41) is 9.87. The van der Waals surface area contributed by atoms with Gasteiger partial charge in [0.1, 0.15) is 0 Å². The van der Waals surface area contributed by atoms with Crippen molar-refractivity contribution in [3.63, 3.8) is 0 Å². The van der Waals surface area contributed by atoms with Crippen LogP contribution in [0.25, 0.3) is 4.85 Å². The van der Waals surface area contributed by atoms with Crippen LogP contribution < -0.4 is 0 Å². The van der Waals surface area contributed by atoms with Gasteiger partial charge in [-0.2, -0.15) is 17.4 Å². The quantitative estimate of drug-likeness (QED) is 0.133. The topological polar surface area (TPSA) is 53.9 Å². The Morgan fingerprint density at radius 2 is 0.956 bits per heavy atom. The summed E-state index contributed by atoms with van der Waals surface area (Å²) < 4.78 is 64.1. The number of rotatable bonds is 0. The smallest absolute Gasteiger partial charge is 0.297 e. The van der Waals surface area contributed by atoms with E-state index in [1.165, 1.54) is 13.8 Å². The van der Waals surface area contributed by atoms with Gasteiger partial charge >= 0.3 is 21.1 Å². The van der Waals surface area contributed by atoms with E-state index in [1.54, 1.807) is 58.0 Å². The van der Waals surface area contributed by atoms with Crippen LogP contribution in [0.3, 0.4) is 0 Å². The standard InChI is InChI=1S/C36H30F4N4.Pt/c1-33(2)20-16-21(29(38)19(18-41)28(20)37)34(3,4)24-12-10-14-26(43-24)36(7,8)27-15-11-13-25(44-27)35(5,6)23-17-22(33)30(39)32(42-9)31(23)40;/h10-15H,1-8H3;/q-2;+2. The minimum absolute atomic E-state index is 0. The zero-order chi connectivity index (χ0) is 32.6. The molecule has 232 valence electrons. The van der Waals surface area contributed by atoms with Gasteiger partial charge in [0.15, 0.2) is 5.69 Å². The molecule has 0 saturated carbocycles. The SMILES string of the molecule is [C-]#[N+]c1c(F)c2[c-]c(c1F)C(C)(C)c1[c-]c(c(F)c(C#N)c1F)C(C)(C)c1cccc(n1)C(C)(C)c1cccc(n1)C2(C)C.[Pt+2]. The van der Waals surface area contributed by atoms with Gasteiger partial charge in [-0.05, 0) is 43.5 Å². The third kappa shape index (κ3) is 4.99. The fraction of sp³-hybridized carbons (Fsp3) is 0.333. The summed E-state index contributed by atoms with van der Waals surface area (Å²) in [6.45, 7) is 21.1. The first-order valence-corrected chi connectivity index (χ1v) is 14.1. The molecule has 4 nitrogen and oxygen atoms in total. The first-order chi connectivity index (χ1) is 20.4. The van der Waals surface area contributed by atoms with E-state index < -0.39 is 56.2 Å². The van der Waals surface area contributed by atoms with Crippen LogP contribution in [0.2, 0.25) is 0 Å². The summed E-state index contributed by atoms with van der Waals surface area (Å²) in [5.41, 5.74) is -5.58. The number of halogens is 4. The van der Waals surface area contributed by atoms with Crippen LogP contribution in [0.15, 0.2) is 36.4 Å². The van der Waals surface area contributed by atoms with E-state index in [9.17, 15) is 5.26 Å². The second kappa shape index (κ2) is 11.2. The van der Waals surface area contributed by atoms with Crippen LogP contribution in [0.1, 0.15) is 106 Å². The average molecular weight is 790 g/mol. The van der Waals surface area contributed by atoms with E-state index in [0.717, 1.165) is 0 Å². The van der Waals surface area contributed by atoms with Crippen molar-refractivity contribution in [1.29, 1.82) is 5.26 Å². The second-order valence-corrected chi connectivity index (χ2v) is 13.3. The molecule has 0 aliphatic carbocycles. The molecule has 9 heteroatoms. The second-order valence-electron chi connectivity index (χ2n) is 13.3. The number of nitrogens with zero attached hydrogens (tertiary/aromatic N) is 4. The first-order valence-electron chi connectivity index (χ1n) is 14.1. The van der Waals surface area contributed by atoms with Crippen LogP contribution in [0.5, 0.6) is 0 Å². The molecule has 0 saturated heterocycles. The molecule has 5 rings (SSSR count). The zero-order valence-corrected chi connectivity index (χ0v) is 28.4. The predicted octanol–water partition coefficient (Wildman–Crippen LogP) is 8.67. The fourth-order valence-corrected chi connectivity index (χ4v) is 5.84. The van der Waals surface area contributed by atoms with Crippen LogP contribution in [-0.4, -0.2) is 9.97 Å². The summed E-state index contributed by atoms with van der Waals surface area (Å²) in [7, 11) is 0. The number of hydrogen-bond acceptors (Lipinski definition) is 3. The van der Waals surface area contributed by atoms with E-state index in [2.05, 4.69) is 17.0 Å². The number of hydrogen-bond donors (Lipinski definition) is 0. The molecule has 1 aliphatic rings. The van der Waals surface area contributed by atoms with E-state index in [0.29, 0.717) is 22.8 Å². The van der Waals surface area contributed by atoms with E-state index >= 15 is 17.6 Å². The summed E-state index contributed by atoms with van der Waals surface area (Å²) in [6, 6.07) is 18.0. The van der Waals surface area contributed by atoms with Crippen LogP contribution in [0, 0.1) is 53.3 Å². The zero-order valence-electron chi connectivity index (χ0n) is 26.1. The Hall–Kier alpha value is -3.87. The Bertz CT molecular complexity index is 1810. The van der Waals surface area contributed by atoms with Gasteiger partial charge in [0.25, 0.3) is 0 Å². The molecule has 1 aliphatic heterocycles. The van der Waals surface area contributed by atoms with Crippen molar-refractivity contribution in [3.8, 4) is 6.07 Å². The Morgan fingerprint density at radius 3 is 1.33 bits per heavy atom. The molecule has 8 bridgehead atoms. The minimum atomic E-state index is -1.69. The molecule has 4 aromatic rings. The van der Waals surface area contributed by atoms with E-state index in [4.69, 9.17) is 16.5 Å². The fourth-order valence-electron chi connectivity index (χ4n) is 5.84. The molecule has 45 heavy (non-hydrogen) atoms. The normalized spacial score (nSPS) is 16.9. The van der Waals surface area contributed by atoms with Crippen molar-refractivity contribution < 1.29 is 38.6 Å². The molecule has 0 amide bonds. The van der Waals surface area contributed by atoms with Gasteiger partial charge in [0.2, 0.25) is 0 Å². The van der Waals surface area contributed by atoms with Gasteiger partial charge in [-0.3, -0.25) is 32.4 Å². The van der Waals surface area contributed by atoms with Gasteiger partial charge < -0.3 is 0 Å². The Labute approximate surface area is 275 Å². The number of nitriles is 1. The maximum Gasteiger partial charge on any atom is 2.00 e. The Morgan fingerprint density at radius 1 is 0.622 bits per heavy atom. The molecule has 2 aromatic carbocycles. The first kappa shape index (κ1) is 34.0. The van der Waals surface area contributed by atoms with Crippen molar-refractivity contribution in [2.24, 2.45) is 0 Å². The van der Waals surface area contributed by atoms with E-state index in [-0.39, 0.29) is 43.3 Å². The van der Waals surface area contributed by atoms with Crippen molar-refractivity contribution in [2.75, 3.05) is 0 Å². The van der Waals surface area contributed by atoms with Crippen LogP contribution in [-0.2, 0) is 42.7 Å². The third-order valence-corrected chi connectivity index (χ3v) is 9.02. The maximum absolute atomic E-state index is 16.1. The van der Waals surface area contributed by atoms with Gasteiger partial charge in [-0.25, -0.2) is 0 Å². The van der Waals surface area contributed by atoms with Gasteiger partial charge in [-0.15, -0.1) is 22.3 Å². The Balaban J connectivity index is 0.00000461. The van der Waals surface area contributed by atoms with Crippen LogP contribution >= 0.6 is 0 Å². The third-order valence-electron chi connectivity index (χ3n) is 9.02. The molecule has 0 fully saturated rings. The minimum Gasteiger partial charge on any atom is -0.297 e. The molecule has 2 aromatic heterocycles.